The molecule has 0 amide bonds. The van der Waals surface area contributed by atoms with Crippen LogP contribution >= 0.6 is 0 Å². The SMILES string of the molecule is COCCCS(=O)(=O)Nc1cccc(CO)c1. The van der Waals surface area contributed by atoms with Crippen LogP contribution in [-0.2, 0) is 21.4 Å². The van der Waals surface area contributed by atoms with Gasteiger partial charge in [-0.1, -0.05) is 12.1 Å². The first-order valence-corrected chi connectivity index (χ1v) is 6.92. The van der Waals surface area contributed by atoms with Gasteiger partial charge in [-0.25, -0.2) is 8.42 Å². The zero-order valence-corrected chi connectivity index (χ0v) is 10.5. The summed E-state index contributed by atoms with van der Waals surface area (Å²) < 4.78 is 30.5. The zero-order chi connectivity index (χ0) is 12.7. The molecule has 0 saturated carbocycles. The molecule has 96 valence electrons. The molecule has 0 aliphatic rings. The minimum atomic E-state index is -3.34. The second kappa shape index (κ2) is 6.58. The van der Waals surface area contributed by atoms with Crippen molar-refractivity contribution in [1.82, 2.24) is 0 Å². The number of methoxy groups -OCH3 is 1. The monoisotopic (exact) mass is 259 g/mol. The van der Waals surface area contributed by atoms with Crippen LogP contribution in [0.2, 0.25) is 0 Å². The Kier molecular flexibility index (Phi) is 5.40. The smallest absolute Gasteiger partial charge is 0.232 e. The molecule has 1 rings (SSSR count). The molecule has 5 nitrogen and oxygen atoms in total. The maximum atomic E-state index is 11.6. The Balaban J connectivity index is 2.62. The standard InChI is InChI=1S/C11H17NO4S/c1-16-6-3-7-17(14,15)12-11-5-2-4-10(8-11)9-13/h2,4-5,8,12-13H,3,6-7,9H2,1H3. The van der Waals surface area contributed by atoms with E-state index in [1.807, 2.05) is 0 Å². The van der Waals surface area contributed by atoms with Gasteiger partial charge in [0.25, 0.3) is 0 Å². The molecule has 2 N–H and O–H groups in total. The van der Waals surface area contributed by atoms with Crippen molar-refractivity contribution in [2.45, 2.75) is 13.0 Å². The summed E-state index contributed by atoms with van der Waals surface area (Å²) in [5.74, 6) is 0.0180. The normalized spacial score (nSPS) is 11.4. The van der Waals surface area contributed by atoms with Gasteiger partial charge in [-0.2, -0.15) is 0 Å². The molecule has 0 saturated heterocycles. The van der Waals surface area contributed by atoms with Crippen LogP contribution in [0.1, 0.15) is 12.0 Å². The van der Waals surface area contributed by atoms with Gasteiger partial charge in [-0.05, 0) is 24.1 Å². The van der Waals surface area contributed by atoms with Crippen molar-refractivity contribution in [3.8, 4) is 0 Å². The molecule has 0 aliphatic carbocycles. The van der Waals surface area contributed by atoms with Crippen LogP contribution in [-0.4, -0.2) is 33.0 Å². The fourth-order valence-corrected chi connectivity index (χ4v) is 2.44. The molecule has 0 aliphatic heterocycles. The number of nitrogens with one attached hydrogen (secondary N) is 1. The van der Waals surface area contributed by atoms with E-state index < -0.39 is 10.0 Å². The molecule has 1 aromatic rings. The molecule has 0 unspecified atom stereocenters. The Morgan fingerprint density at radius 3 is 2.82 bits per heavy atom. The van der Waals surface area contributed by atoms with Gasteiger partial charge in [0.15, 0.2) is 0 Å². The summed E-state index contributed by atoms with van der Waals surface area (Å²) in [6, 6.07) is 6.67. The van der Waals surface area contributed by atoms with E-state index in [0.29, 0.717) is 24.3 Å². The van der Waals surface area contributed by atoms with Gasteiger partial charge in [-0.15, -0.1) is 0 Å². The zero-order valence-electron chi connectivity index (χ0n) is 9.72. The van der Waals surface area contributed by atoms with Gasteiger partial charge < -0.3 is 9.84 Å². The lowest BCUT2D eigenvalue weighted by Crippen LogP contribution is -2.17. The van der Waals surface area contributed by atoms with Crippen molar-refractivity contribution in [3.05, 3.63) is 29.8 Å². The average molecular weight is 259 g/mol. The van der Waals surface area contributed by atoms with Gasteiger partial charge in [-0.3, -0.25) is 4.72 Å². The van der Waals surface area contributed by atoms with Crippen molar-refractivity contribution in [3.63, 3.8) is 0 Å². The molecule has 1 aromatic carbocycles. The van der Waals surface area contributed by atoms with Crippen molar-refractivity contribution in [2.75, 3.05) is 24.2 Å². The van der Waals surface area contributed by atoms with Crippen molar-refractivity contribution >= 4 is 15.7 Å². The van der Waals surface area contributed by atoms with Crippen LogP contribution in [0.4, 0.5) is 5.69 Å². The number of benzene rings is 1. The van der Waals surface area contributed by atoms with Gasteiger partial charge in [0, 0.05) is 19.4 Å². The lowest BCUT2D eigenvalue weighted by atomic mass is 10.2. The summed E-state index contributed by atoms with van der Waals surface area (Å²) in [7, 11) is -1.81. The summed E-state index contributed by atoms with van der Waals surface area (Å²) >= 11 is 0. The third kappa shape index (κ3) is 5.16. The van der Waals surface area contributed by atoms with Crippen molar-refractivity contribution in [1.29, 1.82) is 0 Å². The number of hydrogen-bond donors (Lipinski definition) is 2. The highest BCUT2D eigenvalue weighted by atomic mass is 32.2. The second-order valence-electron chi connectivity index (χ2n) is 3.63. The van der Waals surface area contributed by atoms with E-state index in [0.717, 1.165) is 0 Å². The molecule has 0 spiro atoms. The number of rotatable bonds is 7. The van der Waals surface area contributed by atoms with Gasteiger partial charge >= 0.3 is 0 Å². The van der Waals surface area contributed by atoms with E-state index in [1.165, 1.54) is 7.11 Å². The number of anilines is 1. The van der Waals surface area contributed by atoms with E-state index in [4.69, 9.17) is 9.84 Å². The fourth-order valence-electron chi connectivity index (χ4n) is 1.36. The van der Waals surface area contributed by atoms with Crippen molar-refractivity contribution in [2.24, 2.45) is 0 Å². The maximum Gasteiger partial charge on any atom is 0.232 e. The summed E-state index contributed by atoms with van der Waals surface area (Å²) in [6.07, 6.45) is 0.450. The lowest BCUT2D eigenvalue weighted by molar-refractivity contribution is 0.199. The number of aliphatic hydroxyl groups excluding tert-OH is 1. The van der Waals surface area contributed by atoms with Gasteiger partial charge in [0.2, 0.25) is 10.0 Å². The predicted molar refractivity (Wildman–Crippen MR) is 66.3 cm³/mol. The first-order valence-electron chi connectivity index (χ1n) is 5.26. The topological polar surface area (TPSA) is 75.6 Å². The highest BCUT2D eigenvalue weighted by molar-refractivity contribution is 7.92. The molecule has 0 heterocycles. The molecule has 0 fully saturated rings. The van der Waals surface area contributed by atoms with E-state index in [-0.39, 0.29) is 12.4 Å². The quantitative estimate of drug-likeness (QED) is 0.715. The Labute approximate surface area is 101 Å². The molecule has 0 radical (unpaired) electrons. The third-order valence-corrected chi connectivity index (χ3v) is 3.52. The molecular weight excluding hydrogens is 242 g/mol. The minimum absolute atomic E-state index is 0.0180. The van der Waals surface area contributed by atoms with Crippen LogP contribution in [0.5, 0.6) is 0 Å². The first-order chi connectivity index (χ1) is 8.07. The molecule has 0 atom stereocenters. The van der Waals surface area contributed by atoms with Gasteiger partial charge in [0.1, 0.15) is 0 Å². The Hall–Kier alpha value is -1.11. The Morgan fingerprint density at radius 2 is 2.18 bits per heavy atom. The summed E-state index contributed by atoms with van der Waals surface area (Å²) in [6.45, 7) is 0.302. The largest absolute Gasteiger partial charge is 0.392 e. The fraction of sp³-hybridized carbons (Fsp3) is 0.455. The second-order valence-corrected chi connectivity index (χ2v) is 5.47. The first kappa shape index (κ1) is 14.0. The average Bonchev–Trinajstić information content (AvgIpc) is 2.29. The number of sulfonamides is 1. The Bertz CT molecular complexity index is 445. The van der Waals surface area contributed by atoms with Crippen LogP contribution in [0, 0.1) is 0 Å². The summed E-state index contributed by atoms with van der Waals surface area (Å²) in [5.41, 5.74) is 1.14. The molecule has 0 aromatic heterocycles. The van der Waals surface area contributed by atoms with Crippen LogP contribution < -0.4 is 4.72 Å². The van der Waals surface area contributed by atoms with E-state index in [2.05, 4.69) is 4.72 Å². The third-order valence-electron chi connectivity index (χ3n) is 2.14. The van der Waals surface area contributed by atoms with Crippen LogP contribution in [0.3, 0.4) is 0 Å². The lowest BCUT2D eigenvalue weighted by Gasteiger charge is -2.08. The van der Waals surface area contributed by atoms with Crippen LogP contribution in [0.25, 0.3) is 0 Å². The van der Waals surface area contributed by atoms with Crippen LogP contribution in [0.15, 0.2) is 24.3 Å². The van der Waals surface area contributed by atoms with Gasteiger partial charge in [0.05, 0.1) is 12.4 Å². The number of aliphatic hydroxyl groups is 1. The number of hydrogen-bond acceptors (Lipinski definition) is 4. The highest BCUT2D eigenvalue weighted by Crippen LogP contribution is 2.12. The number of ether oxygens (including phenoxy) is 1. The molecular formula is C11H17NO4S. The predicted octanol–water partition coefficient (Wildman–Crippen LogP) is 0.957. The summed E-state index contributed by atoms with van der Waals surface area (Å²) in [4.78, 5) is 0. The van der Waals surface area contributed by atoms with E-state index in [9.17, 15) is 8.42 Å². The molecule has 0 bridgehead atoms. The van der Waals surface area contributed by atoms with E-state index >= 15 is 0 Å². The molecule has 17 heavy (non-hydrogen) atoms. The minimum Gasteiger partial charge on any atom is -0.392 e. The summed E-state index contributed by atoms with van der Waals surface area (Å²) in [5, 5.41) is 8.94. The van der Waals surface area contributed by atoms with Crippen molar-refractivity contribution < 1.29 is 18.3 Å². The maximum absolute atomic E-state index is 11.6. The Morgan fingerprint density at radius 1 is 1.41 bits per heavy atom. The highest BCUT2D eigenvalue weighted by Gasteiger charge is 2.09. The molecule has 6 heteroatoms. The van der Waals surface area contributed by atoms with E-state index in [1.54, 1.807) is 24.3 Å².